The maximum atomic E-state index is 5.50. The van der Waals surface area contributed by atoms with E-state index in [0.29, 0.717) is 5.41 Å². The molecule has 3 aliphatic rings. The van der Waals surface area contributed by atoms with Crippen LogP contribution in [0.5, 0.6) is 0 Å². The van der Waals surface area contributed by atoms with E-state index < -0.39 is 0 Å². The fraction of sp³-hybridized carbons (Fsp3) is 0.944. The molecule has 0 spiro atoms. The molecule has 1 N–H and O–H groups in total. The number of aliphatic imine (C=N–C) groups is 1. The fourth-order valence-corrected chi connectivity index (χ4v) is 3.75. The summed E-state index contributed by atoms with van der Waals surface area (Å²) < 4.78 is 5.50. The predicted molar refractivity (Wildman–Crippen MR) is 110 cm³/mol. The number of halogens is 1. The third kappa shape index (κ3) is 5.46. The molecule has 24 heavy (non-hydrogen) atoms. The van der Waals surface area contributed by atoms with Gasteiger partial charge >= 0.3 is 0 Å². The van der Waals surface area contributed by atoms with E-state index in [2.05, 4.69) is 35.9 Å². The Bertz CT molecular complexity index is 415. The first kappa shape index (κ1) is 20.2. The number of hydrogen-bond acceptors (Lipinski definition) is 3. The van der Waals surface area contributed by atoms with Crippen LogP contribution in [0.15, 0.2) is 4.99 Å². The van der Waals surface area contributed by atoms with E-state index in [1.54, 1.807) is 0 Å². The third-order valence-corrected chi connectivity index (χ3v) is 5.73. The quantitative estimate of drug-likeness (QED) is 0.397. The van der Waals surface area contributed by atoms with Crippen LogP contribution in [0, 0.1) is 17.3 Å². The van der Waals surface area contributed by atoms with Gasteiger partial charge in [0, 0.05) is 52.4 Å². The highest BCUT2D eigenvalue weighted by Gasteiger charge is 2.45. The normalized spacial score (nSPS) is 30.1. The monoisotopic (exact) mass is 450 g/mol. The molecule has 5 nitrogen and oxygen atoms in total. The van der Waals surface area contributed by atoms with Crippen molar-refractivity contribution < 1.29 is 4.74 Å². The first-order chi connectivity index (χ1) is 11.1. The standard InChI is InChI=1S/C18H34N4O.HI/c1-4-19-17(20-12-16-11-18(16,2)3)22-8-6-21(7-9-22)13-15-5-10-23-14-15;/h15-16H,4-14H2,1-3H3,(H,19,20);1H. The molecule has 2 atom stereocenters. The van der Waals surface area contributed by atoms with Crippen LogP contribution in [0.3, 0.4) is 0 Å². The van der Waals surface area contributed by atoms with Gasteiger partial charge in [-0.2, -0.15) is 0 Å². The maximum absolute atomic E-state index is 5.50. The van der Waals surface area contributed by atoms with E-state index in [9.17, 15) is 0 Å². The van der Waals surface area contributed by atoms with Crippen LogP contribution in [-0.2, 0) is 4.74 Å². The lowest BCUT2D eigenvalue weighted by Crippen LogP contribution is -2.53. The zero-order valence-electron chi connectivity index (χ0n) is 15.6. The second kappa shape index (κ2) is 9.03. The van der Waals surface area contributed by atoms with Crippen molar-refractivity contribution in [2.75, 3.05) is 59.0 Å². The van der Waals surface area contributed by atoms with Gasteiger partial charge in [0.15, 0.2) is 5.96 Å². The molecule has 0 aromatic rings. The van der Waals surface area contributed by atoms with Crippen LogP contribution >= 0.6 is 24.0 Å². The van der Waals surface area contributed by atoms with Gasteiger partial charge in [-0.05, 0) is 37.0 Å². The number of nitrogens with one attached hydrogen (secondary N) is 1. The summed E-state index contributed by atoms with van der Waals surface area (Å²) in [6.07, 6.45) is 2.56. The number of guanidine groups is 1. The number of nitrogens with zero attached hydrogens (tertiary/aromatic N) is 3. The topological polar surface area (TPSA) is 40.1 Å². The molecule has 2 saturated heterocycles. The Hall–Kier alpha value is -0.0800. The van der Waals surface area contributed by atoms with Gasteiger partial charge < -0.3 is 15.0 Å². The SMILES string of the molecule is CCNC(=NCC1CC1(C)C)N1CCN(CC2CCOC2)CC1.I. The first-order valence-electron chi connectivity index (χ1n) is 9.42. The Morgan fingerprint density at radius 2 is 1.96 bits per heavy atom. The van der Waals surface area contributed by atoms with E-state index in [1.807, 2.05) is 0 Å². The van der Waals surface area contributed by atoms with Gasteiger partial charge in [-0.3, -0.25) is 9.89 Å². The summed E-state index contributed by atoms with van der Waals surface area (Å²) in [6.45, 7) is 16.4. The highest BCUT2D eigenvalue weighted by atomic mass is 127. The molecule has 2 heterocycles. The zero-order valence-corrected chi connectivity index (χ0v) is 17.9. The van der Waals surface area contributed by atoms with Crippen molar-refractivity contribution in [1.82, 2.24) is 15.1 Å². The Labute approximate surface area is 164 Å². The zero-order chi connectivity index (χ0) is 16.3. The lowest BCUT2D eigenvalue weighted by atomic mass is 10.1. The number of piperazine rings is 1. The van der Waals surface area contributed by atoms with Crippen molar-refractivity contribution in [1.29, 1.82) is 0 Å². The molecular formula is C18H35IN4O. The second-order valence-corrected chi connectivity index (χ2v) is 8.10. The van der Waals surface area contributed by atoms with Gasteiger partial charge in [0.1, 0.15) is 0 Å². The number of ether oxygens (including phenoxy) is 1. The van der Waals surface area contributed by atoms with E-state index in [4.69, 9.17) is 9.73 Å². The van der Waals surface area contributed by atoms with Crippen molar-refractivity contribution in [3.05, 3.63) is 0 Å². The average Bonchev–Trinajstić information content (AvgIpc) is 2.91. The summed E-state index contributed by atoms with van der Waals surface area (Å²) in [7, 11) is 0. The molecule has 140 valence electrons. The minimum Gasteiger partial charge on any atom is -0.381 e. The van der Waals surface area contributed by atoms with E-state index >= 15 is 0 Å². The van der Waals surface area contributed by atoms with Crippen LogP contribution in [0.2, 0.25) is 0 Å². The van der Waals surface area contributed by atoms with Gasteiger partial charge in [-0.15, -0.1) is 24.0 Å². The molecule has 0 aromatic carbocycles. The van der Waals surface area contributed by atoms with Crippen LogP contribution in [0.25, 0.3) is 0 Å². The summed E-state index contributed by atoms with van der Waals surface area (Å²) in [5, 5.41) is 3.49. The van der Waals surface area contributed by atoms with Gasteiger partial charge in [-0.1, -0.05) is 13.8 Å². The van der Waals surface area contributed by atoms with Crippen molar-refractivity contribution in [2.45, 2.75) is 33.6 Å². The summed E-state index contributed by atoms with van der Waals surface area (Å²) in [6, 6.07) is 0. The second-order valence-electron chi connectivity index (χ2n) is 8.10. The first-order valence-corrected chi connectivity index (χ1v) is 9.42. The number of hydrogen-bond donors (Lipinski definition) is 1. The van der Waals surface area contributed by atoms with Crippen LogP contribution in [0.1, 0.15) is 33.6 Å². The Balaban J connectivity index is 0.00000208. The number of rotatable bonds is 5. The summed E-state index contributed by atoms with van der Waals surface area (Å²) in [5.74, 6) is 2.65. The lowest BCUT2D eigenvalue weighted by Gasteiger charge is -2.37. The van der Waals surface area contributed by atoms with Crippen molar-refractivity contribution >= 4 is 29.9 Å². The lowest BCUT2D eigenvalue weighted by molar-refractivity contribution is 0.139. The van der Waals surface area contributed by atoms with E-state index in [-0.39, 0.29) is 24.0 Å². The molecule has 0 aromatic heterocycles. The molecule has 0 bridgehead atoms. The predicted octanol–water partition coefficient (Wildman–Crippen LogP) is 2.27. The molecule has 3 fully saturated rings. The molecule has 1 aliphatic carbocycles. The Kier molecular flexibility index (Phi) is 7.61. The van der Waals surface area contributed by atoms with E-state index in [1.165, 1.54) is 19.4 Å². The summed E-state index contributed by atoms with van der Waals surface area (Å²) in [4.78, 5) is 9.96. The molecule has 0 amide bonds. The van der Waals surface area contributed by atoms with Crippen LogP contribution in [-0.4, -0.2) is 74.8 Å². The Morgan fingerprint density at radius 3 is 2.50 bits per heavy atom. The molecule has 2 unspecified atom stereocenters. The van der Waals surface area contributed by atoms with Gasteiger partial charge in [0.2, 0.25) is 0 Å². The fourth-order valence-electron chi connectivity index (χ4n) is 3.75. The molecule has 0 radical (unpaired) electrons. The van der Waals surface area contributed by atoms with Crippen LogP contribution < -0.4 is 5.32 Å². The van der Waals surface area contributed by atoms with Gasteiger partial charge in [-0.25, -0.2) is 0 Å². The van der Waals surface area contributed by atoms with E-state index in [0.717, 1.165) is 70.3 Å². The van der Waals surface area contributed by atoms with Crippen LogP contribution in [0.4, 0.5) is 0 Å². The van der Waals surface area contributed by atoms with Crippen molar-refractivity contribution in [3.8, 4) is 0 Å². The highest BCUT2D eigenvalue weighted by molar-refractivity contribution is 14.0. The smallest absolute Gasteiger partial charge is 0.194 e. The Morgan fingerprint density at radius 1 is 1.25 bits per heavy atom. The highest BCUT2D eigenvalue weighted by Crippen LogP contribution is 2.51. The minimum atomic E-state index is 0. The average molecular weight is 450 g/mol. The molecular weight excluding hydrogens is 415 g/mol. The third-order valence-electron chi connectivity index (χ3n) is 5.73. The maximum Gasteiger partial charge on any atom is 0.194 e. The van der Waals surface area contributed by atoms with Crippen molar-refractivity contribution in [2.24, 2.45) is 22.2 Å². The van der Waals surface area contributed by atoms with Crippen molar-refractivity contribution in [3.63, 3.8) is 0 Å². The van der Waals surface area contributed by atoms with Gasteiger partial charge in [0.25, 0.3) is 0 Å². The largest absolute Gasteiger partial charge is 0.381 e. The molecule has 3 rings (SSSR count). The summed E-state index contributed by atoms with van der Waals surface area (Å²) in [5.41, 5.74) is 0.517. The summed E-state index contributed by atoms with van der Waals surface area (Å²) >= 11 is 0. The minimum absolute atomic E-state index is 0. The molecule has 6 heteroatoms. The molecule has 1 saturated carbocycles. The van der Waals surface area contributed by atoms with Gasteiger partial charge in [0.05, 0.1) is 6.61 Å². The molecule has 2 aliphatic heterocycles.